The van der Waals surface area contributed by atoms with E-state index in [1.807, 2.05) is 25.1 Å². The van der Waals surface area contributed by atoms with Crippen molar-refractivity contribution in [3.05, 3.63) is 53.1 Å². The minimum absolute atomic E-state index is 0.0978. The zero-order valence-corrected chi connectivity index (χ0v) is 18.4. The van der Waals surface area contributed by atoms with Gasteiger partial charge in [-0.3, -0.25) is 9.69 Å². The van der Waals surface area contributed by atoms with Gasteiger partial charge in [-0.2, -0.15) is 0 Å². The van der Waals surface area contributed by atoms with Crippen molar-refractivity contribution >= 4 is 17.5 Å². The number of carboxylic acids is 1. The van der Waals surface area contributed by atoms with Crippen LogP contribution in [0.15, 0.2) is 41.4 Å². The minimum Gasteiger partial charge on any atom is -0.481 e. The van der Waals surface area contributed by atoms with E-state index in [0.717, 1.165) is 5.56 Å². The van der Waals surface area contributed by atoms with Crippen LogP contribution in [0.2, 0.25) is 0 Å². The SMILES string of the molecule is Cc1ccc2c(c1)N=C(N1CCN(CC(C)(C)C(=O)O)CC1)c1ccc(C(F)F)cc1O2. The maximum atomic E-state index is 13.3. The van der Waals surface area contributed by atoms with E-state index >= 15 is 0 Å². The van der Waals surface area contributed by atoms with E-state index in [4.69, 9.17) is 9.73 Å². The van der Waals surface area contributed by atoms with Crippen LogP contribution < -0.4 is 4.74 Å². The highest BCUT2D eigenvalue weighted by molar-refractivity contribution is 6.04. The first kappa shape index (κ1) is 22.2. The Balaban J connectivity index is 1.65. The molecule has 0 aliphatic carbocycles. The van der Waals surface area contributed by atoms with Crippen LogP contribution in [0.4, 0.5) is 14.5 Å². The summed E-state index contributed by atoms with van der Waals surface area (Å²) >= 11 is 0. The van der Waals surface area contributed by atoms with E-state index in [0.29, 0.717) is 61.3 Å². The standard InChI is InChI=1S/C24H27F2N3O3/c1-15-4-7-19-18(12-15)27-22(17-6-5-16(21(25)26)13-20(17)32-19)29-10-8-28(9-11-29)14-24(2,3)23(30)31/h4-7,12-13,21H,8-11,14H2,1-3H3,(H,30,31). The van der Waals surface area contributed by atoms with Gasteiger partial charge in [0.2, 0.25) is 0 Å². The highest BCUT2D eigenvalue weighted by Gasteiger charge is 2.32. The number of alkyl halides is 2. The Morgan fingerprint density at radius 2 is 1.84 bits per heavy atom. The smallest absolute Gasteiger partial charge is 0.310 e. The summed E-state index contributed by atoms with van der Waals surface area (Å²) < 4.78 is 32.7. The average molecular weight is 443 g/mol. The first-order valence-corrected chi connectivity index (χ1v) is 10.6. The molecule has 0 radical (unpaired) electrons. The quantitative estimate of drug-likeness (QED) is 0.732. The number of fused-ring (bicyclic) bond motifs is 2. The molecule has 0 bridgehead atoms. The molecule has 4 rings (SSSR count). The number of halogens is 2. The Morgan fingerprint density at radius 3 is 2.50 bits per heavy atom. The molecule has 32 heavy (non-hydrogen) atoms. The summed E-state index contributed by atoms with van der Waals surface area (Å²) in [5.41, 5.74) is 1.42. The van der Waals surface area contributed by atoms with Gasteiger partial charge in [0.1, 0.15) is 17.3 Å². The molecule has 1 N–H and O–H groups in total. The second kappa shape index (κ2) is 8.50. The van der Waals surface area contributed by atoms with E-state index < -0.39 is 17.8 Å². The first-order chi connectivity index (χ1) is 15.1. The number of piperazine rings is 1. The lowest BCUT2D eigenvalue weighted by Crippen LogP contribution is -2.52. The van der Waals surface area contributed by atoms with Crippen molar-refractivity contribution in [2.75, 3.05) is 32.7 Å². The molecule has 2 aromatic carbocycles. The molecule has 0 saturated carbocycles. The lowest BCUT2D eigenvalue weighted by Gasteiger charge is -2.39. The number of hydrogen-bond acceptors (Lipinski definition) is 5. The Kier molecular flexibility index (Phi) is 5.90. The summed E-state index contributed by atoms with van der Waals surface area (Å²) in [4.78, 5) is 20.6. The van der Waals surface area contributed by atoms with Crippen LogP contribution in [0.5, 0.6) is 11.5 Å². The number of rotatable bonds is 4. The van der Waals surface area contributed by atoms with Gasteiger partial charge in [0.05, 0.1) is 11.0 Å². The number of hydrogen-bond donors (Lipinski definition) is 1. The van der Waals surface area contributed by atoms with Gasteiger partial charge in [-0.05, 0) is 50.6 Å². The summed E-state index contributed by atoms with van der Waals surface area (Å²) in [5.74, 6) is 0.752. The van der Waals surface area contributed by atoms with Crippen molar-refractivity contribution in [2.24, 2.45) is 10.4 Å². The molecule has 0 atom stereocenters. The molecule has 170 valence electrons. The average Bonchev–Trinajstić information content (AvgIpc) is 2.89. The van der Waals surface area contributed by atoms with Crippen molar-refractivity contribution in [3.8, 4) is 11.5 Å². The van der Waals surface area contributed by atoms with Crippen molar-refractivity contribution < 1.29 is 23.4 Å². The van der Waals surface area contributed by atoms with Gasteiger partial charge >= 0.3 is 5.97 Å². The predicted molar refractivity (Wildman–Crippen MR) is 118 cm³/mol. The molecule has 0 spiro atoms. The van der Waals surface area contributed by atoms with Crippen LogP contribution in [-0.2, 0) is 4.79 Å². The number of aliphatic imine (C=N–C) groups is 1. The summed E-state index contributed by atoms with van der Waals surface area (Å²) in [5, 5.41) is 9.42. The molecular weight excluding hydrogens is 416 g/mol. The van der Waals surface area contributed by atoms with E-state index in [1.54, 1.807) is 19.9 Å². The van der Waals surface area contributed by atoms with Crippen LogP contribution in [0, 0.1) is 12.3 Å². The molecule has 8 heteroatoms. The molecule has 0 amide bonds. The van der Waals surface area contributed by atoms with Crippen molar-refractivity contribution in [3.63, 3.8) is 0 Å². The van der Waals surface area contributed by atoms with Crippen LogP contribution in [-0.4, -0.2) is 59.4 Å². The zero-order valence-electron chi connectivity index (χ0n) is 18.4. The lowest BCUT2D eigenvalue weighted by molar-refractivity contribution is -0.148. The van der Waals surface area contributed by atoms with Gasteiger partial charge in [0, 0.05) is 38.3 Å². The molecule has 2 aliphatic rings. The third-order valence-corrected chi connectivity index (χ3v) is 5.93. The number of carbonyl (C=O) groups is 1. The van der Waals surface area contributed by atoms with Crippen LogP contribution in [0.25, 0.3) is 0 Å². The van der Waals surface area contributed by atoms with Gasteiger partial charge < -0.3 is 14.7 Å². The Morgan fingerprint density at radius 1 is 1.12 bits per heavy atom. The molecule has 2 aromatic rings. The van der Waals surface area contributed by atoms with Crippen LogP contribution >= 0.6 is 0 Å². The number of carboxylic acid groups (broad SMARTS) is 1. The fraction of sp³-hybridized carbons (Fsp3) is 0.417. The summed E-state index contributed by atoms with van der Waals surface area (Å²) in [6.07, 6.45) is -2.59. The molecule has 2 aliphatic heterocycles. The molecule has 6 nitrogen and oxygen atoms in total. The lowest BCUT2D eigenvalue weighted by atomic mass is 9.93. The zero-order chi connectivity index (χ0) is 23.0. The second-order valence-electron chi connectivity index (χ2n) is 9.02. The molecule has 0 unspecified atom stereocenters. The highest BCUT2D eigenvalue weighted by Crippen LogP contribution is 2.40. The maximum Gasteiger partial charge on any atom is 0.310 e. The topological polar surface area (TPSA) is 65.4 Å². The fourth-order valence-corrected chi connectivity index (χ4v) is 4.02. The predicted octanol–water partition coefficient (Wildman–Crippen LogP) is 4.85. The number of amidine groups is 1. The largest absolute Gasteiger partial charge is 0.481 e. The Labute approximate surface area is 186 Å². The van der Waals surface area contributed by atoms with Crippen molar-refractivity contribution in [1.82, 2.24) is 9.80 Å². The summed E-state index contributed by atoms with van der Waals surface area (Å²) in [6.45, 7) is 8.53. The van der Waals surface area contributed by atoms with Gasteiger partial charge in [0.15, 0.2) is 5.75 Å². The van der Waals surface area contributed by atoms with Crippen LogP contribution in [0.3, 0.4) is 0 Å². The number of ether oxygens (including phenoxy) is 1. The van der Waals surface area contributed by atoms with E-state index in [2.05, 4.69) is 9.80 Å². The molecular formula is C24H27F2N3O3. The normalized spacial score (nSPS) is 16.7. The monoisotopic (exact) mass is 443 g/mol. The number of benzene rings is 2. The van der Waals surface area contributed by atoms with Gasteiger partial charge in [0.25, 0.3) is 6.43 Å². The summed E-state index contributed by atoms with van der Waals surface area (Å²) in [7, 11) is 0. The number of nitrogens with zero attached hydrogens (tertiary/aromatic N) is 3. The molecule has 2 heterocycles. The van der Waals surface area contributed by atoms with E-state index in [9.17, 15) is 18.7 Å². The Bertz CT molecular complexity index is 1060. The Hall–Kier alpha value is -3.00. The van der Waals surface area contributed by atoms with Crippen molar-refractivity contribution in [1.29, 1.82) is 0 Å². The van der Waals surface area contributed by atoms with E-state index in [-0.39, 0.29) is 5.56 Å². The van der Waals surface area contributed by atoms with Crippen LogP contribution in [0.1, 0.15) is 37.0 Å². The van der Waals surface area contributed by atoms with Gasteiger partial charge in [-0.15, -0.1) is 0 Å². The number of aliphatic carboxylic acids is 1. The highest BCUT2D eigenvalue weighted by atomic mass is 19.3. The molecule has 1 fully saturated rings. The summed E-state index contributed by atoms with van der Waals surface area (Å²) in [6, 6.07) is 10.1. The third-order valence-electron chi connectivity index (χ3n) is 5.93. The van der Waals surface area contributed by atoms with Gasteiger partial charge in [-0.25, -0.2) is 13.8 Å². The van der Waals surface area contributed by atoms with E-state index in [1.165, 1.54) is 12.1 Å². The first-order valence-electron chi connectivity index (χ1n) is 10.6. The maximum absolute atomic E-state index is 13.3. The number of aryl methyl sites for hydroxylation is 1. The fourth-order valence-electron chi connectivity index (χ4n) is 4.02. The second-order valence-corrected chi connectivity index (χ2v) is 9.02. The van der Waals surface area contributed by atoms with Crippen molar-refractivity contribution in [2.45, 2.75) is 27.2 Å². The third kappa shape index (κ3) is 4.46. The molecule has 0 aromatic heterocycles. The minimum atomic E-state index is -2.59. The van der Waals surface area contributed by atoms with Gasteiger partial charge in [-0.1, -0.05) is 12.1 Å². The molecule has 1 saturated heterocycles.